The average Bonchev–Trinajstić information content (AvgIpc) is 3.11. The lowest BCUT2D eigenvalue weighted by Crippen LogP contribution is -2.44. The fourth-order valence-electron chi connectivity index (χ4n) is 6.51. The van der Waals surface area contributed by atoms with E-state index in [-0.39, 0.29) is 11.9 Å². The number of nitrogens with one attached hydrogen (secondary N) is 1. The maximum atomic E-state index is 12.8. The topological polar surface area (TPSA) is 117 Å². The van der Waals surface area contributed by atoms with E-state index in [2.05, 4.69) is 11.4 Å². The predicted molar refractivity (Wildman–Crippen MR) is 186 cm³/mol. The summed E-state index contributed by atoms with van der Waals surface area (Å²) in [6, 6.07) is 13.1. The van der Waals surface area contributed by atoms with Gasteiger partial charge in [0, 0.05) is 48.0 Å². The highest BCUT2D eigenvalue weighted by Crippen LogP contribution is 2.50. The summed E-state index contributed by atoms with van der Waals surface area (Å²) < 4.78 is 34.4. The Morgan fingerprint density at radius 1 is 0.837 bits per heavy atom. The Morgan fingerprint density at radius 3 is 2.08 bits per heavy atom. The van der Waals surface area contributed by atoms with Gasteiger partial charge < -0.3 is 38.8 Å². The van der Waals surface area contributed by atoms with Crippen LogP contribution in [0.15, 0.2) is 48.0 Å². The molecule has 2 N–H and O–H groups in total. The minimum Gasteiger partial charge on any atom is -0.496 e. The molecule has 264 valence electrons. The smallest absolute Gasteiger partial charge is 0.251 e. The van der Waals surface area contributed by atoms with Crippen LogP contribution >= 0.6 is 0 Å². The Balaban J connectivity index is 1.24. The number of rotatable bonds is 14. The van der Waals surface area contributed by atoms with Gasteiger partial charge in [0.05, 0.1) is 47.7 Å². The first-order chi connectivity index (χ1) is 23.7. The summed E-state index contributed by atoms with van der Waals surface area (Å²) in [4.78, 5) is 18.9. The first kappa shape index (κ1) is 35.8. The number of carbonyl (C=O) groups is 1. The van der Waals surface area contributed by atoms with Crippen molar-refractivity contribution in [3.05, 3.63) is 75.9 Å². The van der Waals surface area contributed by atoms with Gasteiger partial charge >= 0.3 is 0 Å². The van der Waals surface area contributed by atoms with Gasteiger partial charge in [-0.2, -0.15) is 5.06 Å². The number of benzene rings is 3. The third kappa shape index (κ3) is 8.24. The van der Waals surface area contributed by atoms with Crippen molar-refractivity contribution in [2.75, 3.05) is 55.2 Å². The van der Waals surface area contributed by atoms with Crippen molar-refractivity contribution >= 4 is 11.7 Å². The van der Waals surface area contributed by atoms with Gasteiger partial charge in [-0.05, 0) is 70.2 Å². The summed E-state index contributed by atoms with van der Waals surface area (Å²) in [5, 5.41) is 17.0. The van der Waals surface area contributed by atoms with Gasteiger partial charge in [-0.3, -0.25) is 9.63 Å². The quantitative estimate of drug-likeness (QED) is 0.192. The Kier molecular flexibility index (Phi) is 11.9. The van der Waals surface area contributed by atoms with Crippen molar-refractivity contribution in [3.8, 4) is 34.5 Å². The van der Waals surface area contributed by atoms with E-state index in [1.165, 1.54) is 0 Å². The number of methoxy groups -OCH3 is 5. The number of hydrogen-bond acceptors (Lipinski definition) is 10. The lowest BCUT2D eigenvalue weighted by atomic mass is 9.90. The van der Waals surface area contributed by atoms with Crippen LogP contribution in [0.3, 0.4) is 0 Å². The van der Waals surface area contributed by atoms with E-state index in [0.29, 0.717) is 75.5 Å². The van der Waals surface area contributed by atoms with Crippen LogP contribution in [0, 0.1) is 13.8 Å². The number of piperidine rings is 1. The van der Waals surface area contributed by atoms with Crippen LogP contribution in [0.25, 0.3) is 5.76 Å². The summed E-state index contributed by atoms with van der Waals surface area (Å²) in [6.45, 7) is 6.01. The number of aryl methyl sites for hydroxylation is 2. The molecular weight excluding hydrogens is 628 g/mol. The largest absolute Gasteiger partial charge is 0.496 e. The van der Waals surface area contributed by atoms with Crippen molar-refractivity contribution in [2.45, 2.75) is 58.1 Å². The third-order valence-electron chi connectivity index (χ3n) is 8.95. The number of ether oxygens (including phenoxy) is 6. The number of nitrogens with zero attached hydrogens (tertiary/aromatic N) is 1. The van der Waals surface area contributed by atoms with E-state index in [0.717, 1.165) is 49.9 Å². The van der Waals surface area contributed by atoms with Crippen molar-refractivity contribution < 1.29 is 43.2 Å². The highest BCUT2D eigenvalue weighted by atomic mass is 16.7. The lowest BCUT2D eigenvalue weighted by Gasteiger charge is -2.32. The van der Waals surface area contributed by atoms with Crippen LogP contribution in [0.5, 0.6) is 34.5 Å². The zero-order valence-electron chi connectivity index (χ0n) is 29.5. The van der Waals surface area contributed by atoms with E-state index >= 15 is 0 Å². The molecule has 1 fully saturated rings. The van der Waals surface area contributed by atoms with E-state index < -0.39 is 6.10 Å². The van der Waals surface area contributed by atoms with Gasteiger partial charge in [0.2, 0.25) is 5.75 Å². The van der Waals surface area contributed by atoms with Crippen molar-refractivity contribution in [1.29, 1.82) is 0 Å². The Labute approximate surface area is 288 Å². The number of unbranched alkanes of at least 4 members (excludes halogenated alkanes) is 1. The summed E-state index contributed by atoms with van der Waals surface area (Å²) in [7, 11) is 7.79. The molecule has 2 heterocycles. The number of hydroxylamine groups is 2. The first-order valence-electron chi connectivity index (χ1n) is 16.6. The van der Waals surface area contributed by atoms with Crippen LogP contribution in [0.2, 0.25) is 0 Å². The van der Waals surface area contributed by atoms with Gasteiger partial charge in [0.25, 0.3) is 5.91 Å². The standard InChI is InChI=1S/C38H48N2O9/c1-23-16-24(2)18-26(17-23)38(42)39-27-11-13-40(14-12-27)48-15-9-8-10-29-35(41)34-30(44-4)21-28(43-3)22-31(34)49-36(29)25-19-32(45-5)37(47-7)33(20-25)46-6/h16-22,27,35,41H,8-15H2,1-7H3,(H,39,42). The Morgan fingerprint density at radius 2 is 1.49 bits per heavy atom. The second kappa shape index (κ2) is 16.3. The van der Waals surface area contributed by atoms with Crippen molar-refractivity contribution in [1.82, 2.24) is 10.4 Å². The van der Waals surface area contributed by atoms with Gasteiger partial charge in [0.15, 0.2) is 11.5 Å². The highest BCUT2D eigenvalue weighted by molar-refractivity contribution is 5.94. The molecule has 3 aromatic carbocycles. The maximum Gasteiger partial charge on any atom is 0.251 e. The number of fused-ring (bicyclic) bond motifs is 1. The first-order valence-corrected chi connectivity index (χ1v) is 16.6. The van der Waals surface area contributed by atoms with E-state index in [1.54, 1.807) is 47.7 Å². The molecular formula is C38H48N2O9. The van der Waals surface area contributed by atoms with Crippen molar-refractivity contribution in [2.24, 2.45) is 0 Å². The molecule has 11 nitrogen and oxygen atoms in total. The second-order valence-corrected chi connectivity index (χ2v) is 12.4. The Hall–Kier alpha value is -4.45. The van der Waals surface area contributed by atoms with E-state index in [4.69, 9.17) is 33.3 Å². The Bertz CT molecular complexity index is 1620. The normalized spacial score (nSPS) is 16.4. The minimum atomic E-state index is -0.988. The van der Waals surface area contributed by atoms with Gasteiger partial charge in [-0.25, -0.2) is 0 Å². The summed E-state index contributed by atoms with van der Waals surface area (Å²) in [6.07, 6.45) is 2.68. The molecule has 11 heteroatoms. The molecule has 1 atom stereocenters. The molecule has 0 saturated carbocycles. The van der Waals surface area contributed by atoms with Crippen LogP contribution in [0.1, 0.15) is 70.8 Å². The van der Waals surface area contributed by atoms with Crippen LogP contribution in [-0.2, 0) is 4.84 Å². The molecule has 5 rings (SSSR count). The lowest BCUT2D eigenvalue weighted by molar-refractivity contribution is -0.171. The molecule has 0 aromatic heterocycles. The maximum absolute atomic E-state index is 12.8. The highest BCUT2D eigenvalue weighted by Gasteiger charge is 2.33. The molecule has 1 unspecified atom stereocenters. The summed E-state index contributed by atoms with van der Waals surface area (Å²) in [5.74, 6) is 3.32. The summed E-state index contributed by atoms with van der Waals surface area (Å²) >= 11 is 0. The molecule has 3 aromatic rings. The molecule has 2 aliphatic rings. The minimum absolute atomic E-state index is 0.0281. The zero-order valence-corrected chi connectivity index (χ0v) is 29.5. The molecule has 1 amide bonds. The molecule has 49 heavy (non-hydrogen) atoms. The van der Waals surface area contributed by atoms with Gasteiger partial charge in [-0.1, -0.05) is 17.2 Å². The number of carbonyl (C=O) groups excluding carboxylic acids is 1. The fraction of sp³-hybridized carbons (Fsp3) is 0.447. The fourth-order valence-corrected chi connectivity index (χ4v) is 6.51. The van der Waals surface area contributed by atoms with E-state index in [9.17, 15) is 9.90 Å². The SMILES string of the molecule is COc1cc(OC)c2c(c1)OC(c1cc(OC)c(OC)c(OC)c1)=C(CCCCON1CCC(NC(=O)c3cc(C)cc(C)c3)CC1)C2O. The van der Waals surface area contributed by atoms with Gasteiger partial charge in [-0.15, -0.1) is 0 Å². The zero-order chi connectivity index (χ0) is 35.1. The molecule has 0 radical (unpaired) electrons. The number of aliphatic hydroxyl groups is 1. The molecule has 0 bridgehead atoms. The monoisotopic (exact) mass is 676 g/mol. The molecule has 0 aliphatic carbocycles. The van der Waals surface area contributed by atoms with Crippen LogP contribution in [0.4, 0.5) is 0 Å². The van der Waals surface area contributed by atoms with Crippen LogP contribution < -0.4 is 33.7 Å². The number of hydrogen-bond donors (Lipinski definition) is 2. The second-order valence-electron chi connectivity index (χ2n) is 12.4. The predicted octanol–water partition coefficient (Wildman–Crippen LogP) is 6.18. The third-order valence-corrected chi connectivity index (χ3v) is 8.95. The van der Waals surface area contributed by atoms with Gasteiger partial charge in [0.1, 0.15) is 29.1 Å². The van der Waals surface area contributed by atoms with Crippen LogP contribution in [-0.4, -0.2) is 77.4 Å². The number of aliphatic hydroxyl groups excluding tert-OH is 1. The summed E-state index contributed by atoms with van der Waals surface area (Å²) in [5.41, 5.74) is 4.77. The molecule has 1 saturated heterocycles. The molecule has 2 aliphatic heterocycles. The van der Waals surface area contributed by atoms with Crippen molar-refractivity contribution in [3.63, 3.8) is 0 Å². The number of amides is 1. The average molecular weight is 677 g/mol. The van der Waals surface area contributed by atoms with E-state index in [1.807, 2.05) is 43.2 Å². The molecule has 0 spiro atoms.